The molecule has 3 rings (SSSR count). The Morgan fingerprint density at radius 3 is 2.93 bits per heavy atom. The maximum Gasteiger partial charge on any atom is 0.246 e. The van der Waals surface area contributed by atoms with Gasteiger partial charge in [-0.25, -0.2) is 4.98 Å². The van der Waals surface area contributed by atoms with Crippen LogP contribution in [0.3, 0.4) is 0 Å². The minimum atomic E-state index is -0.0125. The molecule has 1 N–H and O–H groups in total. The van der Waals surface area contributed by atoms with Crippen molar-refractivity contribution in [3.8, 4) is 0 Å². The number of anilines is 1. The third kappa shape index (κ3) is 5.92. The van der Waals surface area contributed by atoms with Crippen molar-refractivity contribution in [1.82, 2.24) is 15.2 Å². The zero-order valence-electron chi connectivity index (χ0n) is 17.9. The fraction of sp³-hybridized carbons (Fsp3) is 0.476. The predicted octanol–water partition coefficient (Wildman–Crippen LogP) is 3.46. The number of rotatable bonds is 6. The Balaban J connectivity index is 0.00000320. The van der Waals surface area contributed by atoms with Crippen LogP contribution >= 0.6 is 35.3 Å². The van der Waals surface area contributed by atoms with Crippen LogP contribution in [0.5, 0.6) is 0 Å². The Labute approximate surface area is 199 Å². The number of aromatic nitrogens is 1. The van der Waals surface area contributed by atoms with E-state index >= 15 is 0 Å². The molecular formula is C21H30IN5O2S. The molecule has 0 saturated heterocycles. The Morgan fingerprint density at radius 2 is 2.20 bits per heavy atom. The van der Waals surface area contributed by atoms with E-state index in [1.54, 1.807) is 25.5 Å². The van der Waals surface area contributed by atoms with Crippen LogP contribution in [-0.4, -0.2) is 56.0 Å². The average molecular weight is 543 g/mol. The zero-order valence-corrected chi connectivity index (χ0v) is 21.1. The van der Waals surface area contributed by atoms with E-state index in [4.69, 9.17) is 4.74 Å². The third-order valence-electron chi connectivity index (χ3n) is 5.05. The van der Waals surface area contributed by atoms with Gasteiger partial charge in [0.1, 0.15) is 11.1 Å². The van der Waals surface area contributed by atoms with Gasteiger partial charge in [0.05, 0.1) is 18.8 Å². The van der Waals surface area contributed by atoms with Crippen molar-refractivity contribution >= 4 is 52.9 Å². The van der Waals surface area contributed by atoms with Crippen molar-refractivity contribution in [3.63, 3.8) is 0 Å². The van der Waals surface area contributed by atoms with Crippen molar-refractivity contribution < 1.29 is 9.53 Å². The van der Waals surface area contributed by atoms with Crippen molar-refractivity contribution in [1.29, 1.82) is 0 Å². The standard InChI is InChI=1S/C21H29N5O2S.HI/c1-15(28-4)20-24-17(14-29-20)13-25(3)21(22-2)23-12-19(27)26-11-7-9-16-8-5-6-10-18(16)26;/h5-6,8,10,14-15H,7,9,11-13H2,1-4H3,(H,22,23);1H. The number of halogens is 1. The number of hydrogen-bond acceptors (Lipinski definition) is 5. The second-order valence-corrected chi connectivity index (χ2v) is 7.98. The highest BCUT2D eigenvalue weighted by Crippen LogP contribution is 2.26. The summed E-state index contributed by atoms with van der Waals surface area (Å²) in [6, 6.07) is 8.13. The van der Waals surface area contributed by atoms with Gasteiger partial charge in [-0.05, 0) is 31.4 Å². The van der Waals surface area contributed by atoms with Gasteiger partial charge in [-0.15, -0.1) is 35.3 Å². The Hall–Kier alpha value is -1.72. The molecule has 9 heteroatoms. The number of thiazole rings is 1. The Bertz CT molecular complexity index is 873. The number of amides is 1. The number of nitrogens with one attached hydrogen (secondary N) is 1. The van der Waals surface area contributed by atoms with Crippen molar-refractivity contribution in [2.45, 2.75) is 32.4 Å². The zero-order chi connectivity index (χ0) is 20.8. The van der Waals surface area contributed by atoms with Crippen molar-refractivity contribution in [2.75, 3.05) is 39.2 Å². The van der Waals surface area contributed by atoms with Crippen molar-refractivity contribution in [2.24, 2.45) is 4.99 Å². The van der Waals surface area contributed by atoms with E-state index in [-0.39, 0.29) is 42.5 Å². The summed E-state index contributed by atoms with van der Waals surface area (Å²) < 4.78 is 5.33. The molecule has 2 heterocycles. The van der Waals surface area contributed by atoms with Gasteiger partial charge in [0.25, 0.3) is 0 Å². The lowest BCUT2D eigenvalue weighted by Gasteiger charge is -2.30. The summed E-state index contributed by atoms with van der Waals surface area (Å²) in [7, 11) is 5.34. The SMILES string of the molecule is CN=C(NCC(=O)N1CCCc2ccccc21)N(C)Cc1csc(C(C)OC)n1.I. The minimum absolute atomic E-state index is 0. The van der Waals surface area contributed by atoms with E-state index in [1.807, 2.05) is 47.4 Å². The number of aliphatic imine (C=N–C) groups is 1. The Kier molecular flexibility index (Phi) is 9.50. The fourth-order valence-electron chi connectivity index (χ4n) is 3.43. The van der Waals surface area contributed by atoms with Crippen LogP contribution in [0.25, 0.3) is 0 Å². The van der Waals surface area contributed by atoms with Crippen LogP contribution in [0.2, 0.25) is 0 Å². The van der Waals surface area contributed by atoms with Crippen LogP contribution in [0.1, 0.15) is 35.7 Å². The summed E-state index contributed by atoms with van der Waals surface area (Å²) in [6.45, 7) is 3.55. The predicted molar refractivity (Wildman–Crippen MR) is 133 cm³/mol. The molecule has 0 radical (unpaired) electrons. The molecule has 1 aliphatic heterocycles. The van der Waals surface area contributed by atoms with Gasteiger partial charge < -0.3 is 19.9 Å². The minimum Gasteiger partial charge on any atom is -0.375 e. The van der Waals surface area contributed by atoms with Crippen LogP contribution in [0.4, 0.5) is 5.69 Å². The second kappa shape index (κ2) is 11.6. The maximum absolute atomic E-state index is 12.8. The van der Waals surface area contributed by atoms with Gasteiger partial charge in [-0.1, -0.05) is 18.2 Å². The van der Waals surface area contributed by atoms with Gasteiger partial charge in [-0.2, -0.15) is 0 Å². The molecule has 1 aromatic carbocycles. The normalized spacial score (nSPS) is 14.5. The van der Waals surface area contributed by atoms with E-state index in [2.05, 4.69) is 21.4 Å². The summed E-state index contributed by atoms with van der Waals surface area (Å²) >= 11 is 1.59. The molecule has 0 fully saturated rings. The Morgan fingerprint density at radius 1 is 1.43 bits per heavy atom. The molecule has 1 atom stereocenters. The van der Waals surface area contributed by atoms with Crippen LogP contribution < -0.4 is 10.2 Å². The molecular weight excluding hydrogens is 513 g/mol. The largest absolute Gasteiger partial charge is 0.375 e. The highest BCUT2D eigenvalue weighted by Gasteiger charge is 2.22. The monoisotopic (exact) mass is 543 g/mol. The number of carbonyl (C=O) groups is 1. The summed E-state index contributed by atoms with van der Waals surface area (Å²) in [6.07, 6.45) is 2.00. The first-order valence-corrected chi connectivity index (χ1v) is 10.7. The second-order valence-electron chi connectivity index (χ2n) is 7.09. The van der Waals surface area contributed by atoms with E-state index in [0.717, 1.165) is 35.8 Å². The number of fused-ring (bicyclic) bond motifs is 1. The van der Waals surface area contributed by atoms with E-state index < -0.39 is 0 Å². The first kappa shape index (κ1) is 24.5. The third-order valence-corrected chi connectivity index (χ3v) is 6.11. The number of para-hydroxylation sites is 1. The van der Waals surface area contributed by atoms with E-state index in [0.29, 0.717) is 12.5 Å². The molecule has 1 unspecified atom stereocenters. The summed E-state index contributed by atoms with van der Waals surface area (Å²) in [5.74, 6) is 0.717. The lowest BCUT2D eigenvalue weighted by molar-refractivity contribution is -0.117. The smallest absolute Gasteiger partial charge is 0.246 e. The van der Waals surface area contributed by atoms with Crippen LogP contribution in [0.15, 0.2) is 34.6 Å². The highest BCUT2D eigenvalue weighted by molar-refractivity contribution is 14.0. The molecule has 1 amide bonds. The number of carbonyl (C=O) groups excluding carboxylic acids is 1. The number of aryl methyl sites for hydroxylation is 1. The lowest BCUT2D eigenvalue weighted by atomic mass is 10.0. The number of benzene rings is 1. The lowest BCUT2D eigenvalue weighted by Crippen LogP contribution is -2.46. The first-order chi connectivity index (χ1) is 14.0. The molecule has 1 aliphatic rings. The molecule has 7 nitrogen and oxygen atoms in total. The number of ether oxygens (including phenoxy) is 1. The molecule has 0 bridgehead atoms. The number of nitrogens with zero attached hydrogens (tertiary/aromatic N) is 4. The summed E-state index contributed by atoms with van der Waals surface area (Å²) in [5, 5.41) is 6.18. The van der Waals surface area contributed by atoms with Gasteiger partial charge in [0.15, 0.2) is 5.96 Å². The number of hydrogen-bond donors (Lipinski definition) is 1. The average Bonchev–Trinajstić information content (AvgIpc) is 3.21. The van der Waals surface area contributed by atoms with E-state index in [9.17, 15) is 4.79 Å². The molecule has 1 aromatic heterocycles. The molecule has 30 heavy (non-hydrogen) atoms. The van der Waals surface area contributed by atoms with Crippen LogP contribution in [0, 0.1) is 0 Å². The number of methoxy groups -OCH3 is 1. The van der Waals surface area contributed by atoms with Crippen LogP contribution in [-0.2, 0) is 22.5 Å². The number of guanidine groups is 1. The van der Waals surface area contributed by atoms with Gasteiger partial charge in [0.2, 0.25) is 5.91 Å². The quantitative estimate of drug-likeness (QED) is 0.344. The topological polar surface area (TPSA) is 70.1 Å². The van der Waals surface area contributed by atoms with Gasteiger partial charge >= 0.3 is 0 Å². The first-order valence-electron chi connectivity index (χ1n) is 9.80. The summed E-state index contributed by atoms with van der Waals surface area (Å²) in [5.41, 5.74) is 3.21. The maximum atomic E-state index is 12.8. The van der Waals surface area contributed by atoms with Gasteiger partial charge in [-0.3, -0.25) is 9.79 Å². The molecule has 0 spiro atoms. The highest BCUT2D eigenvalue weighted by atomic mass is 127. The van der Waals surface area contributed by atoms with Crippen molar-refractivity contribution in [3.05, 3.63) is 45.9 Å². The fourth-order valence-corrected chi connectivity index (χ4v) is 4.27. The van der Waals surface area contributed by atoms with E-state index in [1.165, 1.54) is 5.56 Å². The molecule has 2 aromatic rings. The van der Waals surface area contributed by atoms with Gasteiger partial charge in [0, 0.05) is 38.8 Å². The molecule has 0 saturated carbocycles. The molecule has 164 valence electrons. The molecule has 0 aliphatic carbocycles. The summed E-state index contributed by atoms with van der Waals surface area (Å²) in [4.78, 5) is 25.6.